The van der Waals surface area contributed by atoms with Crippen molar-refractivity contribution in [3.63, 3.8) is 0 Å². The van der Waals surface area contributed by atoms with Crippen molar-refractivity contribution in [3.05, 3.63) is 35.2 Å². The molecule has 1 N–H and O–H groups in total. The molecule has 1 heterocycles. The number of benzene rings is 1. The fourth-order valence-electron chi connectivity index (χ4n) is 1.20. The molecule has 0 aliphatic heterocycles. The molecular weight excluding hydrogens is 216 g/mol. The summed E-state index contributed by atoms with van der Waals surface area (Å²) in [4.78, 5) is 4.11. The maximum absolute atomic E-state index is 8.69. The van der Waals surface area contributed by atoms with Crippen LogP contribution in [-0.4, -0.2) is 21.9 Å². The number of nitrogens with zero attached hydrogens (tertiary/aromatic N) is 2. The third-order valence-corrected chi connectivity index (χ3v) is 2.11. The summed E-state index contributed by atoms with van der Waals surface area (Å²) >= 11 is 5.84. The van der Waals surface area contributed by atoms with E-state index in [9.17, 15) is 0 Å². The standard InChI is InChI=1S/C10H9ClN2O2/c11-8-3-1-2-7(6-8)10-12-9(4-5-14)15-13-10/h1-3,6,14H,4-5H2. The largest absolute Gasteiger partial charge is 0.396 e. The maximum atomic E-state index is 8.69. The molecule has 0 amide bonds. The van der Waals surface area contributed by atoms with Crippen LogP contribution >= 0.6 is 11.6 Å². The summed E-state index contributed by atoms with van der Waals surface area (Å²) in [6.45, 7) is -0.00280. The fraction of sp³-hybridized carbons (Fsp3) is 0.200. The first-order valence-corrected chi connectivity index (χ1v) is 4.87. The predicted octanol–water partition coefficient (Wildman–Crippen LogP) is 1.92. The molecule has 0 saturated carbocycles. The highest BCUT2D eigenvalue weighted by Crippen LogP contribution is 2.19. The molecule has 2 rings (SSSR count). The zero-order valence-electron chi connectivity index (χ0n) is 7.85. The van der Waals surface area contributed by atoms with Gasteiger partial charge in [-0.3, -0.25) is 0 Å². The van der Waals surface area contributed by atoms with Gasteiger partial charge in [-0.2, -0.15) is 4.98 Å². The lowest BCUT2D eigenvalue weighted by atomic mass is 10.2. The van der Waals surface area contributed by atoms with E-state index in [0.29, 0.717) is 23.2 Å². The summed E-state index contributed by atoms with van der Waals surface area (Å²) < 4.78 is 4.94. The van der Waals surface area contributed by atoms with E-state index >= 15 is 0 Å². The highest BCUT2D eigenvalue weighted by Gasteiger charge is 2.07. The zero-order valence-corrected chi connectivity index (χ0v) is 8.61. The smallest absolute Gasteiger partial charge is 0.229 e. The van der Waals surface area contributed by atoms with Gasteiger partial charge in [0.15, 0.2) is 0 Å². The van der Waals surface area contributed by atoms with Crippen LogP contribution < -0.4 is 0 Å². The molecule has 1 aromatic carbocycles. The normalized spacial score (nSPS) is 10.5. The van der Waals surface area contributed by atoms with Crippen molar-refractivity contribution in [2.75, 3.05) is 6.61 Å². The summed E-state index contributed by atoms with van der Waals surface area (Å²) in [7, 11) is 0. The minimum absolute atomic E-state index is 0.00280. The minimum Gasteiger partial charge on any atom is -0.396 e. The van der Waals surface area contributed by atoms with Gasteiger partial charge in [0.1, 0.15) is 0 Å². The Morgan fingerprint density at radius 1 is 1.40 bits per heavy atom. The van der Waals surface area contributed by atoms with Crippen molar-refractivity contribution in [2.45, 2.75) is 6.42 Å². The Morgan fingerprint density at radius 2 is 2.27 bits per heavy atom. The van der Waals surface area contributed by atoms with Gasteiger partial charge in [-0.15, -0.1) is 0 Å². The number of aliphatic hydroxyl groups is 1. The van der Waals surface area contributed by atoms with Crippen LogP contribution in [0.3, 0.4) is 0 Å². The predicted molar refractivity (Wildman–Crippen MR) is 55.5 cm³/mol. The summed E-state index contributed by atoms with van der Waals surface area (Å²) in [5.41, 5.74) is 0.801. The molecule has 0 aliphatic carbocycles. The average molecular weight is 225 g/mol. The topological polar surface area (TPSA) is 59.2 Å². The Bertz CT molecular complexity index is 456. The molecule has 15 heavy (non-hydrogen) atoms. The first-order chi connectivity index (χ1) is 7.29. The van der Waals surface area contributed by atoms with E-state index in [1.54, 1.807) is 12.1 Å². The lowest BCUT2D eigenvalue weighted by molar-refractivity contribution is 0.274. The van der Waals surface area contributed by atoms with Crippen LogP contribution in [0.15, 0.2) is 28.8 Å². The Kier molecular flexibility index (Phi) is 2.99. The van der Waals surface area contributed by atoms with E-state index in [-0.39, 0.29) is 6.61 Å². The number of halogens is 1. The summed E-state index contributed by atoms with van der Waals surface area (Å²) in [5.74, 6) is 0.911. The molecule has 0 unspecified atom stereocenters. The van der Waals surface area contributed by atoms with Gasteiger partial charge in [0.25, 0.3) is 0 Å². The molecule has 0 aliphatic rings. The Labute approximate surface area is 91.5 Å². The van der Waals surface area contributed by atoms with E-state index in [2.05, 4.69) is 10.1 Å². The minimum atomic E-state index is -0.00280. The molecule has 78 valence electrons. The zero-order chi connectivity index (χ0) is 10.7. The molecule has 0 atom stereocenters. The van der Waals surface area contributed by atoms with Crippen LogP contribution in [0.1, 0.15) is 5.89 Å². The van der Waals surface area contributed by atoms with E-state index < -0.39 is 0 Å². The summed E-state index contributed by atoms with van der Waals surface area (Å²) in [6.07, 6.45) is 0.369. The highest BCUT2D eigenvalue weighted by molar-refractivity contribution is 6.30. The average Bonchev–Trinajstić information content (AvgIpc) is 2.67. The van der Waals surface area contributed by atoms with Crippen molar-refractivity contribution in [3.8, 4) is 11.4 Å². The first kappa shape index (κ1) is 10.1. The van der Waals surface area contributed by atoms with Crippen LogP contribution in [-0.2, 0) is 6.42 Å². The van der Waals surface area contributed by atoms with Crippen LogP contribution in [0.2, 0.25) is 5.02 Å². The second-order valence-electron chi connectivity index (χ2n) is 3.00. The lowest BCUT2D eigenvalue weighted by Crippen LogP contribution is -1.90. The van der Waals surface area contributed by atoms with Crippen LogP contribution in [0.4, 0.5) is 0 Å². The third-order valence-electron chi connectivity index (χ3n) is 1.88. The first-order valence-electron chi connectivity index (χ1n) is 4.49. The molecule has 1 aromatic heterocycles. The Hall–Kier alpha value is -1.39. The fourth-order valence-corrected chi connectivity index (χ4v) is 1.39. The monoisotopic (exact) mass is 224 g/mol. The maximum Gasteiger partial charge on any atom is 0.229 e. The van der Waals surface area contributed by atoms with Crippen molar-refractivity contribution in [1.29, 1.82) is 0 Å². The van der Waals surface area contributed by atoms with Gasteiger partial charge >= 0.3 is 0 Å². The molecular formula is C10H9ClN2O2. The van der Waals surface area contributed by atoms with Gasteiger partial charge in [-0.1, -0.05) is 28.9 Å². The van der Waals surface area contributed by atoms with Gasteiger partial charge in [-0.25, -0.2) is 0 Å². The number of aromatic nitrogens is 2. The van der Waals surface area contributed by atoms with Crippen LogP contribution in [0, 0.1) is 0 Å². The van der Waals surface area contributed by atoms with Gasteiger partial charge < -0.3 is 9.63 Å². The molecule has 4 nitrogen and oxygen atoms in total. The van der Waals surface area contributed by atoms with Gasteiger partial charge in [0.2, 0.25) is 11.7 Å². The van der Waals surface area contributed by atoms with Crippen molar-refractivity contribution in [1.82, 2.24) is 10.1 Å². The van der Waals surface area contributed by atoms with Crippen molar-refractivity contribution < 1.29 is 9.63 Å². The lowest BCUT2D eigenvalue weighted by Gasteiger charge is -1.93. The van der Waals surface area contributed by atoms with Gasteiger partial charge in [-0.05, 0) is 12.1 Å². The molecule has 2 aromatic rings. The van der Waals surface area contributed by atoms with Crippen molar-refractivity contribution >= 4 is 11.6 Å². The summed E-state index contributed by atoms with van der Waals surface area (Å²) in [6, 6.07) is 7.20. The quantitative estimate of drug-likeness (QED) is 0.866. The van der Waals surface area contributed by atoms with E-state index in [1.165, 1.54) is 0 Å². The van der Waals surface area contributed by atoms with Crippen molar-refractivity contribution in [2.24, 2.45) is 0 Å². The Morgan fingerprint density at radius 3 is 3.00 bits per heavy atom. The molecule has 0 fully saturated rings. The molecule has 5 heteroatoms. The number of hydrogen-bond acceptors (Lipinski definition) is 4. The van der Waals surface area contributed by atoms with Crippen LogP contribution in [0.5, 0.6) is 0 Å². The molecule has 0 radical (unpaired) electrons. The second kappa shape index (κ2) is 4.42. The SMILES string of the molecule is OCCc1nc(-c2cccc(Cl)c2)no1. The number of hydrogen-bond donors (Lipinski definition) is 1. The summed E-state index contributed by atoms with van der Waals surface area (Å²) in [5, 5.41) is 13.1. The molecule has 0 saturated heterocycles. The van der Waals surface area contributed by atoms with E-state index in [4.69, 9.17) is 21.2 Å². The molecule has 0 spiro atoms. The number of aliphatic hydroxyl groups excluding tert-OH is 1. The second-order valence-corrected chi connectivity index (χ2v) is 3.43. The third kappa shape index (κ3) is 2.34. The molecule has 0 bridgehead atoms. The van der Waals surface area contributed by atoms with Gasteiger partial charge in [0, 0.05) is 10.6 Å². The van der Waals surface area contributed by atoms with Gasteiger partial charge in [0.05, 0.1) is 13.0 Å². The van der Waals surface area contributed by atoms with E-state index in [1.807, 2.05) is 12.1 Å². The highest BCUT2D eigenvalue weighted by atomic mass is 35.5. The van der Waals surface area contributed by atoms with E-state index in [0.717, 1.165) is 5.56 Å². The number of rotatable bonds is 3. The van der Waals surface area contributed by atoms with Crippen LogP contribution in [0.25, 0.3) is 11.4 Å². The Balaban J connectivity index is 2.29.